The third-order valence-corrected chi connectivity index (χ3v) is 4.39. The molecule has 1 aromatic carbocycles. The van der Waals surface area contributed by atoms with Crippen LogP contribution in [0.25, 0.3) is 5.69 Å². The van der Waals surface area contributed by atoms with Crippen LogP contribution in [0, 0.1) is 13.8 Å². The Labute approximate surface area is 122 Å². The molecule has 1 aromatic heterocycles. The lowest BCUT2D eigenvalue weighted by Crippen LogP contribution is -2.29. The van der Waals surface area contributed by atoms with Crippen molar-refractivity contribution in [2.45, 2.75) is 39.7 Å². The quantitative estimate of drug-likeness (QED) is 0.814. The number of piperidine rings is 1. The van der Waals surface area contributed by atoms with E-state index in [0.29, 0.717) is 0 Å². The summed E-state index contributed by atoms with van der Waals surface area (Å²) < 4.78 is 2.37. The van der Waals surface area contributed by atoms with E-state index in [1.165, 1.54) is 55.0 Å². The van der Waals surface area contributed by atoms with Crippen molar-refractivity contribution in [2.24, 2.45) is 0 Å². The number of hydrogen-bond acceptors (Lipinski definition) is 1. The smallest absolute Gasteiger partial charge is 0.0455 e. The number of hydrogen-bond donors (Lipinski definition) is 0. The zero-order valence-electron chi connectivity index (χ0n) is 12.6. The molecule has 0 saturated carbocycles. The maximum atomic E-state index is 2.60. The first-order valence-electron chi connectivity index (χ1n) is 7.71. The van der Waals surface area contributed by atoms with Crippen molar-refractivity contribution in [3.8, 4) is 5.69 Å². The van der Waals surface area contributed by atoms with Crippen LogP contribution < -0.4 is 0 Å². The molecule has 2 heterocycles. The minimum absolute atomic E-state index is 1.10. The Bertz CT molecular complexity index is 563. The molecule has 2 nitrogen and oxygen atoms in total. The molecular weight excluding hydrogens is 244 g/mol. The SMILES string of the molecule is Cc1cc(CN2CCCCC2)c(C)n1-c1ccccc1. The lowest BCUT2D eigenvalue weighted by atomic mass is 10.1. The average molecular weight is 268 g/mol. The molecule has 1 saturated heterocycles. The molecule has 106 valence electrons. The van der Waals surface area contributed by atoms with E-state index in [4.69, 9.17) is 0 Å². The van der Waals surface area contributed by atoms with Crippen LogP contribution in [-0.2, 0) is 6.54 Å². The fourth-order valence-electron chi connectivity index (χ4n) is 3.32. The monoisotopic (exact) mass is 268 g/mol. The topological polar surface area (TPSA) is 8.17 Å². The fourth-order valence-corrected chi connectivity index (χ4v) is 3.32. The summed E-state index contributed by atoms with van der Waals surface area (Å²) in [4.78, 5) is 2.60. The number of aromatic nitrogens is 1. The zero-order chi connectivity index (χ0) is 13.9. The summed E-state index contributed by atoms with van der Waals surface area (Å²) >= 11 is 0. The van der Waals surface area contributed by atoms with Crippen molar-refractivity contribution in [1.82, 2.24) is 9.47 Å². The van der Waals surface area contributed by atoms with Crippen LogP contribution in [0.4, 0.5) is 0 Å². The molecule has 1 aliphatic rings. The number of aryl methyl sites for hydroxylation is 1. The van der Waals surface area contributed by atoms with Gasteiger partial charge in [0.1, 0.15) is 0 Å². The summed E-state index contributed by atoms with van der Waals surface area (Å²) in [5.74, 6) is 0. The highest BCUT2D eigenvalue weighted by molar-refractivity contribution is 5.40. The van der Waals surface area contributed by atoms with Crippen LogP contribution >= 0.6 is 0 Å². The summed E-state index contributed by atoms with van der Waals surface area (Å²) in [7, 11) is 0. The summed E-state index contributed by atoms with van der Waals surface area (Å²) in [5, 5.41) is 0. The first-order chi connectivity index (χ1) is 9.75. The molecule has 1 fully saturated rings. The van der Waals surface area contributed by atoms with E-state index in [9.17, 15) is 0 Å². The van der Waals surface area contributed by atoms with Crippen molar-refractivity contribution in [1.29, 1.82) is 0 Å². The predicted molar refractivity (Wildman–Crippen MR) is 84.4 cm³/mol. The molecule has 0 N–H and O–H groups in total. The second-order valence-electron chi connectivity index (χ2n) is 5.90. The van der Waals surface area contributed by atoms with E-state index >= 15 is 0 Å². The van der Waals surface area contributed by atoms with Crippen LogP contribution in [0.5, 0.6) is 0 Å². The van der Waals surface area contributed by atoms with Gasteiger partial charge in [-0.3, -0.25) is 4.90 Å². The number of nitrogens with zero attached hydrogens (tertiary/aromatic N) is 2. The van der Waals surface area contributed by atoms with Crippen LogP contribution in [0.3, 0.4) is 0 Å². The molecule has 0 spiro atoms. The second kappa shape index (κ2) is 5.84. The molecule has 20 heavy (non-hydrogen) atoms. The third kappa shape index (κ3) is 2.66. The molecule has 0 bridgehead atoms. The normalized spacial score (nSPS) is 16.5. The largest absolute Gasteiger partial charge is 0.318 e. The van der Waals surface area contributed by atoms with Gasteiger partial charge in [0.2, 0.25) is 0 Å². The standard InChI is InChI=1S/C18H24N2/c1-15-13-17(14-19-11-7-4-8-12-19)16(2)20(15)18-9-5-3-6-10-18/h3,5-6,9-10,13H,4,7-8,11-12,14H2,1-2H3. The summed E-state index contributed by atoms with van der Waals surface area (Å²) in [6, 6.07) is 13.0. The molecule has 0 unspecified atom stereocenters. The third-order valence-electron chi connectivity index (χ3n) is 4.39. The van der Waals surface area contributed by atoms with Crippen molar-refractivity contribution in [2.75, 3.05) is 13.1 Å². The lowest BCUT2D eigenvalue weighted by Gasteiger charge is -2.26. The van der Waals surface area contributed by atoms with E-state index in [1.807, 2.05) is 0 Å². The van der Waals surface area contributed by atoms with Gasteiger partial charge in [-0.15, -0.1) is 0 Å². The molecule has 2 aromatic rings. The second-order valence-corrected chi connectivity index (χ2v) is 5.90. The Morgan fingerprint density at radius 1 is 0.950 bits per heavy atom. The first-order valence-corrected chi connectivity index (χ1v) is 7.71. The van der Waals surface area contributed by atoms with Crippen LogP contribution in [0.15, 0.2) is 36.4 Å². The highest BCUT2D eigenvalue weighted by Crippen LogP contribution is 2.23. The van der Waals surface area contributed by atoms with Gasteiger partial charge in [-0.2, -0.15) is 0 Å². The van der Waals surface area contributed by atoms with Gasteiger partial charge in [-0.05, 0) is 63.5 Å². The molecule has 1 aliphatic heterocycles. The van der Waals surface area contributed by atoms with E-state index in [0.717, 1.165) is 6.54 Å². The molecule has 0 aliphatic carbocycles. The van der Waals surface area contributed by atoms with Crippen molar-refractivity contribution in [3.05, 3.63) is 53.3 Å². The predicted octanol–water partition coefficient (Wildman–Crippen LogP) is 4.08. The fraction of sp³-hybridized carbons (Fsp3) is 0.444. The summed E-state index contributed by atoms with van der Waals surface area (Å²) in [6.45, 7) is 8.08. The van der Waals surface area contributed by atoms with Gasteiger partial charge in [0, 0.05) is 23.6 Å². The Balaban J connectivity index is 1.87. The van der Waals surface area contributed by atoms with Gasteiger partial charge in [-0.25, -0.2) is 0 Å². The summed E-state index contributed by atoms with van der Waals surface area (Å²) in [5.41, 5.74) is 5.47. The highest BCUT2D eigenvalue weighted by atomic mass is 15.1. The van der Waals surface area contributed by atoms with Crippen LogP contribution in [-0.4, -0.2) is 22.6 Å². The van der Waals surface area contributed by atoms with Gasteiger partial charge in [0.25, 0.3) is 0 Å². The minimum atomic E-state index is 1.10. The average Bonchev–Trinajstić information content (AvgIpc) is 2.75. The molecule has 3 rings (SSSR count). The molecule has 2 heteroatoms. The Morgan fingerprint density at radius 3 is 2.35 bits per heavy atom. The van der Waals surface area contributed by atoms with Crippen molar-refractivity contribution in [3.63, 3.8) is 0 Å². The molecular formula is C18H24N2. The minimum Gasteiger partial charge on any atom is -0.318 e. The number of likely N-dealkylation sites (tertiary alicyclic amines) is 1. The van der Waals surface area contributed by atoms with E-state index in [-0.39, 0.29) is 0 Å². The Hall–Kier alpha value is -1.54. The van der Waals surface area contributed by atoms with Gasteiger partial charge in [-0.1, -0.05) is 24.6 Å². The number of para-hydroxylation sites is 1. The lowest BCUT2D eigenvalue weighted by molar-refractivity contribution is 0.220. The van der Waals surface area contributed by atoms with Crippen molar-refractivity contribution < 1.29 is 0 Å². The molecule has 0 amide bonds. The van der Waals surface area contributed by atoms with Crippen LogP contribution in [0.2, 0.25) is 0 Å². The first kappa shape index (κ1) is 13.4. The Morgan fingerprint density at radius 2 is 1.65 bits per heavy atom. The van der Waals surface area contributed by atoms with Gasteiger partial charge in [0.15, 0.2) is 0 Å². The van der Waals surface area contributed by atoms with Gasteiger partial charge >= 0.3 is 0 Å². The van der Waals surface area contributed by atoms with Gasteiger partial charge in [0.05, 0.1) is 0 Å². The van der Waals surface area contributed by atoms with E-state index < -0.39 is 0 Å². The summed E-state index contributed by atoms with van der Waals surface area (Å²) in [6.07, 6.45) is 4.12. The highest BCUT2D eigenvalue weighted by Gasteiger charge is 2.15. The number of benzene rings is 1. The van der Waals surface area contributed by atoms with Crippen LogP contribution in [0.1, 0.15) is 36.2 Å². The van der Waals surface area contributed by atoms with E-state index in [1.54, 1.807) is 0 Å². The Kier molecular flexibility index (Phi) is 3.93. The van der Waals surface area contributed by atoms with E-state index in [2.05, 4.69) is 59.7 Å². The molecule has 0 atom stereocenters. The zero-order valence-corrected chi connectivity index (χ0v) is 12.6. The maximum Gasteiger partial charge on any atom is 0.0455 e. The molecule has 0 radical (unpaired) electrons. The van der Waals surface area contributed by atoms with Crippen molar-refractivity contribution >= 4 is 0 Å². The number of rotatable bonds is 3. The van der Waals surface area contributed by atoms with Gasteiger partial charge < -0.3 is 4.57 Å². The maximum absolute atomic E-state index is 2.60.